The Kier molecular flexibility index (Phi) is 9.35. The summed E-state index contributed by atoms with van der Waals surface area (Å²) in [6, 6.07) is 55.9. The van der Waals surface area contributed by atoms with Crippen LogP contribution in [0.25, 0.3) is 54.6 Å². The summed E-state index contributed by atoms with van der Waals surface area (Å²) in [4.78, 5) is 2.17. The third-order valence-corrected chi connectivity index (χ3v) is 9.18. The monoisotopic (exact) mass is 674 g/mol. The zero-order chi connectivity index (χ0) is 35.1. The minimum atomic E-state index is 0.916. The van der Waals surface area contributed by atoms with Crippen molar-refractivity contribution in [3.8, 4) is 0 Å². The highest BCUT2D eigenvalue weighted by molar-refractivity contribution is 6.15. The van der Waals surface area contributed by atoms with Crippen LogP contribution in [0.1, 0.15) is 6.42 Å². The molecule has 0 spiro atoms. The molecule has 0 unspecified atom stereocenters. The van der Waals surface area contributed by atoms with E-state index < -0.39 is 0 Å². The van der Waals surface area contributed by atoms with Crippen LogP contribution in [-0.4, -0.2) is 7.05 Å². The van der Waals surface area contributed by atoms with Gasteiger partial charge in [0.2, 0.25) is 0 Å². The quantitative estimate of drug-likeness (QED) is 0.202. The maximum absolute atomic E-state index is 6.00. The van der Waals surface area contributed by atoms with Gasteiger partial charge in [-0.1, -0.05) is 115 Å². The average molecular weight is 675 g/mol. The van der Waals surface area contributed by atoms with E-state index in [9.17, 15) is 0 Å². The minimum Gasteiger partial charge on any atom is -0.456 e. The third-order valence-electron chi connectivity index (χ3n) is 9.18. The Morgan fingerprint density at radius 1 is 0.481 bits per heavy atom. The summed E-state index contributed by atoms with van der Waals surface area (Å²) in [5, 5.41) is 10.3. The van der Waals surface area contributed by atoms with Crippen molar-refractivity contribution in [3.05, 3.63) is 200 Å². The Morgan fingerprint density at radius 3 is 1.52 bits per heavy atom. The summed E-state index contributed by atoms with van der Waals surface area (Å²) in [7, 11) is 2.07. The van der Waals surface area contributed by atoms with Crippen LogP contribution in [0.5, 0.6) is 0 Å². The average Bonchev–Trinajstić information content (AvgIpc) is 3.63. The highest BCUT2D eigenvalue weighted by atomic mass is 16.3. The van der Waals surface area contributed by atoms with E-state index in [-0.39, 0.29) is 0 Å². The molecule has 52 heavy (non-hydrogen) atoms. The number of para-hydroxylation sites is 5. The lowest BCUT2D eigenvalue weighted by Crippen LogP contribution is -2.08. The van der Waals surface area contributed by atoms with Gasteiger partial charge in [0, 0.05) is 51.4 Å². The van der Waals surface area contributed by atoms with Gasteiger partial charge in [-0.05, 0) is 96.1 Å². The second-order valence-corrected chi connectivity index (χ2v) is 12.6. The van der Waals surface area contributed by atoms with Crippen molar-refractivity contribution in [2.45, 2.75) is 6.42 Å². The molecular weight excluding hydrogens is 637 g/mol. The lowest BCUT2D eigenvalue weighted by molar-refractivity contribution is 0.668. The van der Waals surface area contributed by atoms with Crippen molar-refractivity contribution in [1.29, 1.82) is 0 Å². The lowest BCUT2D eigenvalue weighted by Gasteiger charge is -2.18. The fourth-order valence-electron chi connectivity index (χ4n) is 6.50. The van der Waals surface area contributed by atoms with Gasteiger partial charge < -0.3 is 19.1 Å². The van der Waals surface area contributed by atoms with E-state index in [1.54, 1.807) is 0 Å². The van der Waals surface area contributed by atoms with E-state index >= 15 is 0 Å². The molecule has 0 saturated heterocycles. The van der Waals surface area contributed by atoms with E-state index in [0.29, 0.717) is 0 Å². The van der Waals surface area contributed by atoms with Crippen molar-refractivity contribution in [3.63, 3.8) is 0 Å². The second-order valence-electron chi connectivity index (χ2n) is 12.6. The van der Waals surface area contributed by atoms with E-state index in [4.69, 9.17) is 8.83 Å². The van der Waals surface area contributed by atoms with Crippen molar-refractivity contribution in [2.75, 3.05) is 17.3 Å². The van der Waals surface area contributed by atoms with Gasteiger partial charge in [-0.3, -0.25) is 0 Å². The van der Waals surface area contributed by atoms with Crippen LogP contribution < -0.4 is 10.2 Å². The molecule has 2 aromatic heterocycles. The number of hydrogen-bond donors (Lipinski definition) is 1. The predicted octanol–water partition coefficient (Wildman–Crippen LogP) is 13.6. The SMILES string of the molecule is C1=CCC=C(Nc2ccccc2)C=C1.CN(c1ccccc1)c1ccccc1.c1ccc2c(c1)oc1cc3cc4oc5ccccc5c4cc3cc12. The fraction of sp³-hybridized carbons (Fsp3) is 0.0417. The molecule has 0 amide bonds. The third kappa shape index (κ3) is 7.09. The molecule has 0 saturated carbocycles. The molecule has 1 aliphatic rings. The van der Waals surface area contributed by atoms with Gasteiger partial charge in [0.25, 0.3) is 0 Å². The Labute approximate surface area is 303 Å². The number of nitrogens with zero attached hydrogens (tertiary/aromatic N) is 1. The molecule has 4 heteroatoms. The molecule has 252 valence electrons. The number of anilines is 3. The second kappa shape index (κ2) is 15.0. The smallest absolute Gasteiger partial charge is 0.136 e. The molecular formula is C48H38N2O2. The molecule has 2 heterocycles. The molecule has 0 atom stereocenters. The van der Waals surface area contributed by atoms with E-state index in [2.05, 4.69) is 145 Å². The molecule has 0 fully saturated rings. The van der Waals surface area contributed by atoms with Crippen molar-refractivity contribution < 1.29 is 8.83 Å². The highest BCUT2D eigenvalue weighted by Crippen LogP contribution is 2.36. The lowest BCUT2D eigenvalue weighted by atomic mass is 10.0. The van der Waals surface area contributed by atoms with Gasteiger partial charge in [0.1, 0.15) is 22.3 Å². The molecule has 7 aromatic carbocycles. The summed E-state index contributed by atoms with van der Waals surface area (Å²) in [6.07, 6.45) is 11.5. The zero-order valence-electron chi connectivity index (χ0n) is 28.9. The number of fused-ring (bicyclic) bond motifs is 7. The largest absolute Gasteiger partial charge is 0.456 e. The number of rotatable bonds is 4. The number of hydrogen-bond acceptors (Lipinski definition) is 4. The molecule has 0 radical (unpaired) electrons. The number of benzene rings is 7. The van der Waals surface area contributed by atoms with E-state index in [1.807, 2.05) is 66.7 Å². The predicted molar refractivity (Wildman–Crippen MR) is 220 cm³/mol. The van der Waals surface area contributed by atoms with Crippen LogP contribution in [0.3, 0.4) is 0 Å². The molecule has 1 aliphatic carbocycles. The summed E-state index contributed by atoms with van der Waals surface area (Å²) >= 11 is 0. The number of furan rings is 2. The molecule has 1 N–H and O–H groups in total. The Balaban J connectivity index is 0.000000120. The summed E-state index contributed by atoms with van der Waals surface area (Å²) < 4.78 is 12.0. The van der Waals surface area contributed by atoms with Crippen LogP contribution in [0, 0.1) is 0 Å². The Bertz CT molecular complexity index is 2540. The Morgan fingerprint density at radius 2 is 0.962 bits per heavy atom. The van der Waals surface area contributed by atoms with Gasteiger partial charge in [-0.2, -0.15) is 0 Å². The van der Waals surface area contributed by atoms with Crippen LogP contribution in [-0.2, 0) is 0 Å². The number of nitrogens with one attached hydrogen (secondary N) is 1. The summed E-state index contributed by atoms with van der Waals surface area (Å²) in [6.45, 7) is 0. The summed E-state index contributed by atoms with van der Waals surface area (Å²) in [5.74, 6) is 0. The first-order valence-corrected chi connectivity index (χ1v) is 17.6. The zero-order valence-corrected chi connectivity index (χ0v) is 28.9. The van der Waals surface area contributed by atoms with E-state index in [0.717, 1.165) is 67.1 Å². The van der Waals surface area contributed by atoms with Gasteiger partial charge >= 0.3 is 0 Å². The van der Waals surface area contributed by atoms with Gasteiger partial charge in [0.05, 0.1) is 0 Å². The molecule has 4 nitrogen and oxygen atoms in total. The van der Waals surface area contributed by atoms with Gasteiger partial charge in [0.15, 0.2) is 0 Å². The molecule has 0 aliphatic heterocycles. The van der Waals surface area contributed by atoms with Crippen LogP contribution in [0.4, 0.5) is 17.1 Å². The van der Waals surface area contributed by atoms with Gasteiger partial charge in [-0.15, -0.1) is 0 Å². The summed E-state index contributed by atoms with van der Waals surface area (Å²) in [5.41, 5.74) is 8.39. The first-order chi connectivity index (χ1) is 25.7. The molecule has 0 bridgehead atoms. The van der Waals surface area contributed by atoms with Crippen molar-refractivity contribution in [1.82, 2.24) is 0 Å². The Hall–Kier alpha value is -6.78. The van der Waals surface area contributed by atoms with E-state index in [1.165, 1.54) is 16.8 Å². The first kappa shape index (κ1) is 32.4. The minimum absolute atomic E-state index is 0.916. The van der Waals surface area contributed by atoms with Crippen LogP contribution in [0.2, 0.25) is 0 Å². The molecule has 9 aromatic rings. The first-order valence-electron chi connectivity index (χ1n) is 17.6. The topological polar surface area (TPSA) is 41.5 Å². The number of allylic oxidation sites excluding steroid dienone is 5. The van der Waals surface area contributed by atoms with Gasteiger partial charge in [-0.25, -0.2) is 0 Å². The molecule has 10 rings (SSSR count). The van der Waals surface area contributed by atoms with Crippen molar-refractivity contribution >= 4 is 71.7 Å². The van der Waals surface area contributed by atoms with Crippen LogP contribution in [0.15, 0.2) is 209 Å². The fourth-order valence-corrected chi connectivity index (χ4v) is 6.50. The van der Waals surface area contributed by atoms with Crippen LogP contribution >= 0.6 is 0 Å². The maximum Gasteiger partial charge on any atom is 0.136 e. The standard InChI is InChI=1S/C22H12O2.2C13H13N/c1-3-7-19-15(5-1)17-9-13-10-18-16-6-2-4-8-20(16)24-22(18)12-14(13)11-21(17)23-19;1-14(12-8-4-2-5-9-12)13-10-6-3-7-11-13;1-2-5-9-12(8-4-1)14-13-10-6-3-7-11-13/h1-12H;2-11H,1H3;1-4,6-11,14H,5H2. The highest BCUT2D eigenvalue weighted by Gasteiger charge is 2.11. The maximum atomic E-state index is 6.00. The van der Waals surface area contributed by atoms with Crippen molar-refractivity contribution in [2.24, 2.45) is 0 Å². The normalized spacial score (nSPS) is 12.2.